The van der Waals surface area contributed by atoms with Gasteiger partial charge in [-0.1, -0.05) is 37.3 Å². The predicted octanol–water partition coefficient (Wildman–Crippen LogP) is 2.00. The molecule has 10 heteroatoms. The van der Waals surface area contributed by atoms with Crippen LogP contribution in [0.4, 0.5) is 4.39 Å². The highest BCUT2D eigenvalue weighted by Crippen LogP contribution is 2.48. The predicted molar refractivity (Wildman–Crippen MR) is 149 cm³/mol. The first-order chi connectivity index (χ1) is 19.1. The van der Waals surface area contributed by atoms with E-state index in [1.807, 2.05) is 37.3 Å². The lowest BCUT2D eigenvalue weighted by Crippen LogP contribution is -2.61. The van der Waals surface area contributed by atoms with Crippen LogP contribution in [-0.4, -0.2) is 72.2 Å². The first-order valence-corrected chi connectivity index (χ1v) is 13.5. The number of carbonyl (C=O) groups is 3. The van der Waals surface area contributed by atoms with Gasteiger partial charge in [-0.2, -0.15) is 0 Å². The standard InChI is InChI=1S/C30H37FN4O5/c1-19(36)25-28(38)34-23(17-20-7-5-4-6-8-20)27(37)33-14-11-21-9-10-22(31)18-24(21)40-16-15-32-26(29(39)35(25)3)30(2)12-13-30/h4-11,14,18-19,23,25-26,32,36H,12-13,15-17H2,1-3H3,(H,33,37)(H,34,38)/t19?,23-,25+,26-/m1/s1. The largest absolute Gasteiger partial charge is 0.492 e. The zero-order valence-corrected chi connectivity index (χ0v) is 23.0. The summed E-state index contributed by atoms with van der Waals surface area (Å²) in [7, 11) is 1.48. The van der Waals surface area contributed by atoms with Gasteiger partial charge in [-0.15, -0.1) is 0 Å². The maximum atomic E-state index is 14.0. The first kappa shape index (κ1) is 29.2. The molecule has 0 aromatic heterocycles. The topological polar surface area (TPSA) is 120 Å². The van der Waals surface area contributed by atoms with Crippen LogP contribution in [0.3, 0.4) is 0 Å². The van der Waals surface area contributed by atoms with Crippen molar-refractivity contribution in [1.29, 1.82) is 0 Å². The van der Waals surface area contributed by atoms with Crippen LogP contribution in [0.2, 0.25) is 0 Å². The van der Waals surface area contributed by atoms with Crippen molar-refractivity contribution < 1.29 is 28.6 Å². The second-order valence-corrected chi connectivity index (χ2v) is 10.8. The van der Waals surface area contributed by atoms with Crippen molar-refractivity contribution in [1.82, 2.24) is 20.9 Å². The lowest BCUT2D eigenvalue weighted by Gasteiger charge is -2.35. The number of benzene rings is 2. The molecule has 2 aromatic carbocycles. The van der Waals surface area contributed by atoms with E-state index in [0.29, 0.717) is 12.1 Å². The van der Waals surface area contributed by atoms with Crippen molar-refractivity contribution in [3.8, 4) is 5.75 Å². The number of ether oxygens (including phenoxy) is 1. The minimum Gasteiger partial charge on any atom is -0.492 e. The second-order valence-electron chi connectivity index (χ2n) is 10.8. The number of fused-ring (bicyclic) bond motifs is 1. The number of halogens is 1. The third-order valence-corrected chi connectivity index (χ3v) is 7.56. The molecule has 214 valence electrons. The van der Waals surface area contributed by atoms with Gasteiger partial charge in [0.05, 0.1) is 12.1 Å². The number of aliphatic hydroxyl groups excluding tert-OH is 1. The summed E-state index contributed by atoms with van der Waals surface area (Å²) in [6, 6.07) is 10.5. The maximum Gasteiger partial charge on any atom is 0.246 e. The summed E-state index contributed by atoms with van der Waals surface area (Å²) in [6.45, 7) is 3.88. The molecule has 40 heavy (non-hydrogen) atoms. The molecule has 1 aliphatic carbocycles. The van der Waals surface area contributed by atoms with E-state index in [1.54, 1.807) is 6.08 Å². The van der Waals surface area contributed by atoms with Crippen molar-refractivity contribution >= 4 is 23.8 Å². The van der Waals surface area contributed by atoms with E-state index in [-0.39, 0.29) is 30.1 Å². The van der Waals surface area contributed by atoms with Gasteiger partial charge in [0.25, 0.3) is 0 Å². The fourth-order valence-electron chi connectivity index (χ4n) is 4.94. The summed E-state index contributed by atoms with van der Waals surface area (Å²) in [6.07, 6.45) is 3.64. The molecular formula is C30H37FN4O5. The Morgan fingerprint density at radius 2 is 1.85 bits per heavy atom. The van der Waals surface area contributed by atoms with Crippen LogP contribution in [0, 0.1) is 11.2 Å². The Kier molecular flexibility index (Phi) is 9.21. The highest BCUT2D eigenvalue weighted by atomic mass is 19.1. The molecule has 2 aromatic rings. The lowest BCUT2D eigenvalue weighted by atomic mass is 9.96. The monoisotopic (exact) mass is 552 g/mol. The van der Waals surface area contributed by atoms with Crippen LogP contribution in [-0.2, 0) is 20.8 Å². The Bertz CT molecular complexity index is 1250. The van der Waals surface area contributed by atoms with Crippen LogP contribution in [0.1, 0.15) is 37.8 Å². The SMILES string of the molecule is CC(O)[C@H]1C(=O)N[C@H](Cc2ccccc2)C(=O)NC=Cc2ccc(F)cc2OCCN[C@@H](C2(C)CC2)C(=O)N1C. The van der Waals surface area contributed by atoms with E-state index in [0.717, 1.165) is 18.4 Å². The average Bonchev–Trinajstić information content (AvgIpc) is 3.66. The van der Waals surface area contributed by atoms with E-state index in [9.17, 15) is 23.9 Å². The van der Waals surface area contributed by atoms with Crippen LogP contribution >= 0.6 is 0 Å². The smallest absolute Gasteiger partial charge is 0.246 e. The molecule has 1 aliphatic heterocycles. The van der Waals surface area contributed by atoms with Gasteiger partial charge in [-0.25, -0.2) is 4.39 Å². The zero-order chi connectivity index (χ0) is 28.9. The average molecular weight is 553 g/mol. The summed E-state index contributed by atoms with van der Waals surface area (Å²) in [5.41, 5.74) is 1.05. The van der Waals surface area contributed by atoms with Crippen molar-refractivity contribution in [2.24, 2.45) is 5.41 Å². The van der Waals surface area contributed by atoms with Gasteiger partial charge >= 0.3 is 0 Å². The minimum absolute atomic E-state index is 0.152. The number of nitrogens with one attached hydrogen (secondary N) is 3. The number of hydrogen-bond donors (Lipinski definition) is 4. The Balaban J connectivity index is 1.68. The molecule has 4 atom stereocenters. The third kappa shape index (κ3) is 7.05. The van der Waals surface area contributed by atoms with Gasteiger partial charge in [0.15, 0.2) is 0 Å². The molecule has 1 unspecified atom stereocenters. The molecule has 0 bridgehead atoms. The molecule has 4 rings (SSSR count). The Morgan fingerprint density at radius 3 is 2.52 bits per heavy atom. The van der Waals surface area contributed by atoms with Gasteiger partial charge in [-0.3, -0.25) is 14.4 Å². The quantitative estimate of drug-likeness (QED) is 0.461. The van der Waals surface area contributed by atoms with E-state index >= 15 is 0 Å². The van der Waals surface area contributed by atoms with Crippen molar-refractivity contribution in [2.45, 2.75) is 57.3 Å². The summed E-state index contributed by atoms with van der Waals surface area (Å²) in [5.74, 6) is -1.66. The van der Waals surface area contributed by atoms with Gasteiger partial charge in [0.2, 0.25) is 17.7 Å². The van der Waals surface area contributed by atoms with Gasteiger partial charge in [0.1, 0.15) is 30.3 Å². The number of likely N-dealkylation sites (N-methyl/N-ethyl adjacent to an activating group) is 1. The normalized spacial score (nSPS) is 24.7. The maximum absolute atomic E-state index is 14.0. The van der Waals surface area contributed by atoms with Crippen LogP contribution < -0.4 is 20.7 Å². The summed E-state index contributed by atoms with van der Waals surface area (Å²) in [5, 5.41) is 19.3. The molecule has 2 aliphatic rings. The minimum atomic E-state index is -1.22. The van der Waals surface area contributed by atoms with Crippen molar-refractivity contribution in [3.05, 3.63) is 71.7 Å². The number of carbonyl (C=O) groups excluding carboxylic acids is 3. The highest BCUT2D eigenvalue weighted by Gasteiger charge is 2.50. The van der Waals surface area contributed by atoms with E-state index in [2.05, 4.69) is 16.0 Å². The van der Waals surface area contributed by atoms with Crippen LogP contribution in [0.5, 0.6) is 5.75 Å². The van der Waals surface area contributed by atoms with Crippen LogP contribution in [0.15, 0.2) is 54.7 Å². The summed E-state index contributed by atoms with van der Waals surface area (Å²) >= 11 is 0. The van der Waals surface area contributed by atoms with E-state index in [4.69, 9.17) is 4.74 Å². The molecular weight excluding hydrogens is 515 g/mol. The van der Waals surface area contributed by atoms with Gasteiger partial charge < -0.3 is 30.7 Å². The van der Waals surface area contributed by atoms with Crippen molar-refractivity contribution in [3.63, 3.8) is 0 Å². The first-order valence-electron chi connectivity index (χ1n) is 13.5. The molecule has 4 N–H and O–H groups in total. The molecule has 0 saturated heterocycles. The molecule has 3 amide bonds. The van der Waals surface area contributed by atoms with Crippen LogP contribution in [0.25, 0.3) is 6.08 Å². The summed E-state index contributed by atoms with van der Waals surface area (Å²) < 4.78 is 19.8. The van der Waals surface area contributed by atoms with Crippen molar-refractivity contribution in [2.75, 3.05) is 20.2 Å². The molecule has 1 heterocycles. The molecule has 1 saturated carbocycles. The Morgan fingerprint density at radius 1 is 1.12 bits per heavy atom. The molecule has 9 nitrogen and oxygen atoms in total. The van der Waals surface area contributed by atoms with Gasteiger partial charge in [0, 0.05) is 37.8 Å². The third-order valence-electron chi connectivity index (χ3n) is 7.56. The fraction of sp³-hybridized carbons (Fsp3) is 0.433. The molecule has 0 spiro atoms. The Hall–Kier alpha value is -3.76. The van der Waals surface area contributed by atoms with Gasteiger partial charge in [-0.05, 0) is 49.0 Å². The second kappa shape index (κ2) is 12.6. The number of hydrogen-bond acceptors (Lipinski definition) is 6. The number of amides is 3. The zero-order valence-electron chi connectivity index (χ0n) is 23.0. The number of rotatable bonds is 4. The van der Waals surface area contributed by atoms with E-state index in [1.165, 1.54) is 43.3 Å². The highest BCUT2D eigenvalue weighted by molar-refractivity contribution is 5.94. The molecule has 0 radical (unpaired) electrons. The fourth-order valence-corrected chi connectivity index (χ4v) is 4.94. The summed E-state index contributed by atoms with van der Waals surface area (Å²) in [4.78, 5) is 41.8. The van der Waals surface area contributed by atoms with E-state index < -0.39 is 41.9 Å². The number of aliphatic hydroxyl groups is 1. The molecule has 1 fully saturated rings. The number of nitrogens with zero attached hydrogens (tertiary/aromatic N) is 1. The Labute approximate surface area is 233 Å². The lowest BCUT2D eigenvalue weighted by molar-refractivity contribution is -0.146.